The summed E-state index contributed by atoms with van der Waals surface area (Å²) in [6.45, 7) is 0. The number of carbonyl (C=O) groups is 1. The van der Waals surface area contributed by atoms with Gasteiger partial charge in [-0.2, -0.15) is 0 Å². The molecule has 7 heteroatoms. The molecular weight excluding hydrogens is 282 g/mol. The monoisotopic (exact) mass is 294 g/mol. The van der Waals surface area contributed by atoms with E-state index in [0.717, 1.165) is 12.1 Å². The van der Waals surface area contributed by atoms with Crippen LogP contribution in [-0.4, -0.2) is 18.2 Å². The van der Waals surface area contributed by atoms with Gasteiger partial charge in [-0.1, -0.05) is 6.07 Å². The van der Waals surface area contributed by atoms with Crippen LogP contribution in [0.25, 0.3) is 0 Å². The number of amides is 2. The van der Waals surface area contributed by atoms with Gasteiger partial charge in [-0.3, -0.25) is 0 Å². The van der Waals surface area contributed by atoms with E-state index in [1.807, 2.05) is 0 Å². The van der Waals surface area contributed by atoms with Gasteiger partial charge in [0.2, 0.25) is 0 Å². The highest BCUT2D eigenvalue weighted by Crippen LogP contribution is 2.24. The van der Waals surface area contributed by atoms with Gasteiger partial charge < -0.3 is 20.5 Å². The topological polar surface area (TPSA) is 70.6 Å². The van der Waals surface area contributed by atoms with Gasteiger partial charge >= 0.3 is 6.03 Å². The molecule has 2 aromatic rings. The minimum Gasteiger partial charge on any atom is -0.503 e. The first-order valence-electron chi connectivity index (χ1n) is 5.89. The van der Waals surface area contributed by atoms with Crippen LogP contribution in [0.5, 0.6) is 11.5 Å². The summed E-state index contributed by atoms with van der Waals surface area (Å²) in [6.07, 6.45) is 0. The lowest BCUT2D eigenvalue weighted by Crippen LogP contribution is -2.19. The number of carbonyl (C=O) groups excluding carboxylic acids is 1. The maximum atomic E-state index is 13.1. The van der Waals surface area contributed by atoms with Gasteiger partial charge in [0.15, 0.2) is 17.4 Å². The van der Waals surface area contributed by atoms with Gasteiger partial charge in [0.1, 0.15) is 5.75 Å². The molecule has 2 aromatic carbocycles. The summed E-state index contributed by atoms with van der Waals surface area (Å²) in [4.78, 5) is 11.7. The molecule has 0 aliphatic heterocycles. The highest BCUT2D eigenvalue weighted by atomic mass is 19.1. The second-order valence-corrected chi connectivity index (χ2v) is 4.10. The summed E-state index contributed by atoms with van der Waals surface area (Å²) in [7, 11) is 1.49. The number of urea groups is 1. The molecule has 2 amide bonds. The Morgan fingerprint density at radius 2 is 1.71 bits per heavy atom. The number of phenolic OH excluding ortho intramolecular Hbond substituents is 1. The van der Waals surface area contributed by atoms with Gasteiger partial charge in [-0.05, 0) is 12.1 Å². The zero-order valence-electron chi connectivity index (χ0n) is 11.0. The summed E-state index contributed by atoms with van der Waals surface area (Å²) in [5.41, 5.74) is 0.328. The normalized spacial score (nSPS) is 10.0. The molecule has 2 rings (SSSR count). The number of halogens is 2. The van der Waals surface area contributed by atoms with E-state index in [-0.39, 0.29) is 5.69 Å². The van der Waals surface area contributed by atoms with Crippen LogP contribution in [0.3, 0.4) is 0 Å². The van der Waals surface area contributed by atoms with Crippen molar-refractivity contribution in [3.05, 3.63) is 48.0 Å². The van der Waals surface area contributed by atoms with E-state index in [4.69, 9.17) is 9.84 Å². The van der Waals surface area contributed by atoms with Crippen LogP contribution >= 0.6 is 0 Å². The summed E-state index contributed by atoms with van der Waals surface area (Å²) in [6, 6.07) is 7.51. The molecule has 0 heterocycles. The summed E-state index contributed by atoms with van der Waals surface area (Å²) in [5, 5.41) is 13.7. The third-order valence-electron chi connectivity index (χ3n) is 2.60. The first-order valence-corrected chi connectivity index (χ1v) is 5.89. The quantitative estimate of drug-likeness (QED) is 0.760. The van der Waals surface area contributed by atoms with Gasteiger partial charge in [0.25, 0.3) is 0 Å². The summed E-state index contributed by atoms with van der Waals surface area (Å²) in [5.74, 6) is -2.86. The number of anilines is 2. The smallest absolute Gasteiger partial charge is 0.323 e. The number of aromatic hydroxyl groups is 1. The number of ether oxygens (including phenoxy) is 1. The zero-order chi connectivity index (χ0) is 15.4. The second kappa shape index (κ2) is 6.08. The fourth-order valence-corrected chi connectivity index (χ4v) is 1.63. The highest BCUT2D eigenvalue weighted by molar-refractivity contribution is 5.99. The van der Waals surface area contributed by atoms with E-state index in [1.54, 1.807) is 24.3 Å². The predicted octanol–water partition coefficient (Wildman–Crippen LogP) is 3.32. The average molecular weight is 294 g/mol. The molecule has 0 aromatic heterocycles. The van der Waals surface area contributed by atoms with Crippen molar-refractivity contribution in [1.82, 2.24) is 0 Å². The largest absolute Gasteiger partial charge is 0.503 e. The van der Waals surface area contributed by atoms with Crippen LogP contribution in [0, 0.1) is 11.6 Å². The van der Waals surface area contributed by atoms with E-state index in [0.29, 0.717) is 11.4 Å². The third-order valence-corrected chi connectivity index (χ3v) is 2.60. The van der Waals surface area contributed by atoms with Crippen LogP contribution in [0.15, 0.2) is 36.4 Å². The van der Waals surface area contributed by atoms with E-state index in [1.165, 1.54) is 7.11 Å². The predicted molar refractivity (Wildman–Crippen MR) is 73.7 cm³/mol. The molecule has 0 aliphatic rings. The Kier molecular flexibility index (Phi) is 4.22. The van der Waals surface area contributed by atoms with Crippen molar-refractivity contribution >= 4 is 17.4 Å². The van der Waals surface area contributed by atoms with E-state index in [2.05, 4.69) is 10.6 Å². The second-order valence-electron chi connectivity index (χ2n) is 4.10. The van der Waals surface area contributed by atoms with Crippen molar-refractivity contribution in [2.45, 2.75) is 0 Å². The minimum atomic E-state index is -1.16. The molecule has 5 nitrogen and oxygen atoms in total. The van der Waals surface area contributed by atoms with Crippen molar-refractivity contribution in [3.63, 3.8) is 0 Å². The van der Waals surface area contributed by atoms with Crippen molar-refractivity contribution in [3.8, 4) is 11.5 Å². The van der Waals surface area contributed by atoms with Gasteiger partial charge in [0, 0.05) is 29.6 Å². The van der Waals surface area contributed by atoms with E-state index >= 15 is 0 Å². The fourth-order valence-electron chi connectivity index (χ4n) is 1.63. The summed E-state index contributed by atoms with van der Waals surface area (Å²) < 4.78 is 31.3. The van der Waals surface area contributed by atoms with Crippen molar-refractivity contribution in [2.75, 3.05) is 17.7 Å². The Morgan fingerprint density at radius 3 is 2.33 bits per heavy atom. The molecular formula is C14H12F2N2O3. The number of benzene rings is 2. The molecule has 0 aliphatic carbocycles. The number of hydrogen-bond donors (Lipinski definition) is 3. The van der Waals surface area contributed by atoms with Crippen LogP contribution in [0.2, 0.25) is 0 Å². The SMILES string of the molecule is COc1cccc(NC(=O)Nc2cc(F)c(O)c(F)c2)c1. The Balaban J connectivity index is 2.08. The maximum absolute atomic E-state index is 13.1. The molecule has 0 spiro atoms. The van der Waals surface area contributed by atoms with Crippen LogP contribution in [0.4, 0.5) is 25.0 Å². The van der Waals surface area contributed by atoms with Crippen LogP contribution in [-0.2, 0) is 0 Å². The lowest BCUT2D eigenvalue weighted by molar-refractivity contribution is 0.262. The minimum absolute atomic E-state index is 0.122. The van der Waals surface area contributed by atoms with Crippen molar-refractivity contribution in [2.24, 2.45) is 0 Å². The number of phenols is 1. The first kappa shape index (κ1) is 14.6. The van der Waals surface area contributed by atoms with Crippen molar-refractivity contribution < 1.29 is 23.4 Å². The molecule has 0 fully saturated rings. The van der Waals surface area contributed by atoms with Crippen LogP contribution < -0.4 is 15.4 Å². The van der Waals surface area contributed by atoms with Crippen LogP contribution in [0.1, 0.15) is 0 Å². The van der Waals surface area contributed by atoms with Crippen molar-refractivity contribution in [1.29, 1.82) is 0 Å². The fraction of sp³-hybridized carbons (Fsp3) is 0.0714. The Hall–Kier alpha value is -2.83. The zero-order valence-corrected chi connectivity index (χ0v) is 11.0. The molecule has 0 saturated carbocycles. The Morgan fingerprint density at radius 1 is 1.10 bits per heavy atom. The third kappa shape index (κ3) is 3.59. The Labute approximate surface area is 119 Å². The number of rotatable bonds is 3. The number of hydrogen-bond acceptors (Lipinski definition) is 3. The molecule has 21 heavy (non-hydrogen) atoms. The van der Waals surface area contributed by atoms with E-state index in [9.17, 15) is 13.6 Å². The Bertz CT molecular complexity index is 654. The molecule has 110 valence electrons. The maximum Gasteiger partial charge on any atom is 0.323 e. The molecule has 0 unspecified atom stereocenters. The molecule has 0 atom stereocenters. The van der Waals surface area contributed by atoms with Gasteiger partial charge in [-0.25, -0.2) is 13.6 Å². The number of methoxy groups -OCH3 is 1. The number of nitrogens with one attached hydrogen (secondary N) is 2. The lowest BCUT2D eigenvalue weighted by Gasteiger charge is -2.09. The molecule has 0 radical (unpaired) electrons. The lowest BCUT2D eigenvalue weighted by atomic mass is 10.2. The highest BCUT2D eigenvalue weighted by Gasteiger charge is 2.11. The summed E-state index contributed by atoms with van der Waals surface area (Å²) >= 11 is 0. The first-order chi connectivity index (χ1) is 9.99. The van der Waals surface area contributed by atoms with Gasteiger partial charge in [-0.15, -0.1) is 0 Å². The van der Waals surface area contributed by atoms with Gasteiger partial charge in [0.05, 0.1) is 7.11 Å². The molecule has 3 N–H and O–H groups in total. The molecule has 0 saturated heterocycles. The standard InChI is InChI=1S/C14H12F2N2O3/c1-21-10-4-2-3-8(5-10)17-14(20)18-9-6-11(15)13(19)12(16)7-9/h2-7,19H,1H3,(H2,17,18,20). The average Bonchev–Trinajstić information content (AvgIpc) is 2.44. The molecule has 0 bridgehead atoms. The van der Waals surface area contributed by atoms with E-state index < -0.39 is 23.4 Å².